The number of aromatic amines is 1. The summed E-state index contributed by atoms with van der Waals surface area (Å²) >= 11 is 0. The molecule has 1 aromatic heterocycles. The highest BCUT2D eigenvalue weighted by Gasteiger charge is 2.15. The van der Waals surface area contributed by atoms with Crippen molar-refractivity contribution in [2.24, 2.45) is 0 Å². The van der Waals surface area contributed by atoms with E-state index in [0.717, 1.165) is 37.7 Å². The highest BCUT2D eigenvalue weighted by molar-refractivity contribution is 5.70. The van der Waals surface area contributed by atoms with Gasteiger partial charge < -0.3 is 10.2 Å². The molecule has 0 radical (unpaired) electrons. The molecule has 2 N–H and O–H groups in total. The maximum Gasteiger partial charge on any atom is 0.151 e. The van der Waals surface area contributed by atoms with Gasteiger partial charge in [0.25, 0.3) is 0 Å². The Hall–Kier alpha value is -1.81. The van der Waals surface area contributed by atoms with Crippen LogP contribution in [0.2, 0.25) is 0 Å². The zero-order chi connectivity index (χ0) is 14.8. The first-order chi connectivity index (χ1) is 10.1. The van der Waals surface area contributed by atoms with Gasteiger partial charge in [-0.25, -0.2) is 0 Å². The van der Waals surface area contributed by atoms with Crippen molar-refractivity contribution in [3.63, 3.8) is 0 Å². The third kappa shape index (κ3) is 2.95. The van der Waals surface area contributed by atoms with E-state index in [1.54, 1.807) is 0 Å². The molecule has 2 aromatic rings. The van der Waals surface area contributed by atoms with Gasteiger partial charge >= 0.3 is 0 Å². The molecule has 0 amide bonds. The lowest BCUT2D eigenvalue weighted by atomic mass is 9.97. The molecule has 4 heteroatoms. The minimum Gasteiger partial charge on any atom is -0.354 e. The second-order valence-electron chi connectivity index (χ2n) is 6.00. The molecule has 1 aliphatic heterocycles. The number of anilines is 1. The van der Waals surface area contributed by atoms with E-state index >= 15 is 0 Å². The summed E-state index contributed by atoms with van der Waals surface area (Å²) in [5.41, 5.74) is 6.33. The summed E-state index contributed by atoms with van der Waals surface area (Å²) in [7, 11) is 0. The smallest absolute Gasteiger partial charge is 0.151 e. The number of aryl methyl sites for hydroxylation is 3. The molecule has 2 heterocycles. The van der Waals surface area contributed by atoms with Crippen molar-refractivity contribution in [1.29, 1.82) is 0 Å². The molecular formula is C17H24N4. The van der Waals surface area contributed by atoms with Gasteiger partial charge in [-0.2, -0.15) is 5.10 Å². The maximum atomic E-state index is 4.54. The quantitative estimate of drug-likeness (QED) is 0.891. The molecule has 0 aliphatic carbocycles. The number of nitrogens with zero attached hydrogens (tertiary/aromatic N) is 2. The molecule has 21 heavy (non-hydrogen) atoms. The third-order valence-electron chi connectivity index (χ3n) is 4.17. The number of benzene rings is 1. The summed E-state index contributed by atoms with van der Waals surface area (Å²) in [6.45, 7) is 10.7. The van der Waals surface area contributed by atoms with E-state index in [0.29, 0.717) is 0 Å². The van der Waals surface area contributed by atoms with E-state index < -0.39 is 0 Å². The maximum absolute atomic E-state index is 4.54. The van der Waals surface area contributed by atoms with E-state index in [1.165, 1.54) is 28.7 Å². The molecule has 1 fully saturated rings. The van der Waals surface area contributed by atoms with E-state index in [-0.39, 0.29) is 0 Å². The molecule has 0 atom stereocenters. The lowest BCUT2D eigenvalue weighted by Crippen LogP contribution is -2.28. The molecule has 0 saturated carbocycles. The van der Waals surface area contributed by atoms with Crippen molar-refractivity contribution in [3.05, 3.63) is 34.9 Å². The van der Waals surface area contributed by atoms with E-state index in [4.69, 9.17) is 0 Å². The van der Waals surface area contributed by atoms with Crippen LogP contribution in [0.1, 0.15) is 23.1 Å². The normalized spacial score (nSPS) is 16.0. The predicted molar refractivity (Wildman–Crippen MR) is 87.9 cm³/mol. The summed E-state index contributed by atoms with van der Waals surface area (Å²) in [5.74, 6) is 1.06. The monoisotopic (exact) mass is 284 g/mol. The molecule has 0 spiro atoms. The van der Waals surface area contributed by atoms with E-state index in [2.05, 4.69) is 59.4 Å². The van der Waals surface area contributed by atoms with Crippen LogP contribution >= 0.6 is 0 Å². The van der Waals surface area contributed by atoms with Gasteiger partial charge in [-0.15, -0.1) is 0 Å². The predicted octanol–water partition coefficient (Wildman–Crippen LogP) is 2.80. The van der Waals surface area contributed by atoms with Gasteiger partial charge in [0, 0.05) is 31.3 Å². The highest BCUT2D eigenvalue weighted by atomic mass is 15.3. The molecule has 1 saturated heterocycles. The topological polar surface area (TPSA) is 44.0 Å². The van der Waals surface area contributed by atoms with Crippen LogP contribution in [0.4, 0.5) is 5.82 Å². The first-order valence-corrected chi connectivity index (χ1v) is 7.74. The minimum atomic E-state index is 1.02. The second-order valence-corrected chi connectivity index (χ2v) is 6.00. The number of H-pyrrole nitrogens is 1. The van der Waals surface area contributed by atoms with Gasteiger partial charge in [0.2, 0.25) is 0 Å². The fourth-order valence-corrected chi connectivity index (χ4v) is 3.28. The Kier molecular flexibility index (Phi) is 3.97. The van der Waals surface area contributed by atoms with Crippen LogP contribution in [0.3, 0.4) is 0 Å². The van der Waals surface area contributed by atoms with Gasteiger partial charge in [-0.05, 0) is 44.9 Å². The van der Waals surface area contributed by atoms with Gasteiger partial charge in [0.15, 0.2) is 5.82 Å². The second kappa shape index (κ2) is 5.90. The highest BCUT2D eigenvalue weighted by Crippen LogP contribution is 2.29. The average molecular weight is 284 g/mol. The summed E-state index contributed by atoms with van der Waals surface area (Å²) in [4.78, 5) is 2.36. The third-order valence-corrected chi connectivity index (χ3v) is 4.17. The number of aromatic nitrogens is 2. The molecule has 0 bridgehead atoms. The van der Waals surface area contributed by atoms with E-state index in [1.807, 2.05) is 0 Å². The molecule has 3 rings (SSSR count). The van der Waals surface area contributed by atoms with Crippen LogP contribution in [-0.2, 0) is 0 Å². The van der Waals surface area contributed by atoms with Gasteiger partial charge in [0.05, 0.1) is 5.69 Å². The fraction of sp³-hybridized carbons (Fsp3) is 0.471. The van der Waals surface area contributed by atoms with Crippen molar-refractivity contribution in [3.8, 4) is 11.3 Å². The van der Waals surface area contributed by atoms with Crippen molar-refractivity contribution in [1.82, 2.24) is 15.5 Å². The number of rotatable bonds is 2. The first-order valence-electron chi connectivity index (χ1n) is 7.74. The Morgan fingerprint density at radius 1 is 1.00 bits per heavy atom. The minimum absolute atomic E-state index is 1.02. The van der Waals surface area contributed by atoms with Crippen molar-refractivity contribution < 1.29 is 0 Å². The molecule has 1 aliphatic rings. The van der Waals surface area contributed by atoms with Crippen LogP contribution in [0.25, 0.3) is 11.3 Å². The van der Waals surface area contributed by atoms with Gasteiger partial charge in [-0.1, -0.05) is 17.7 Å². The summed E-state index contributed by atoms with van der Waals surface area (Å²) in [6.07, 6.45) is 1.17. The van der Waals surface area contributed by atoms with E-state index in [9.17, 15) is 0 Å². The Balaban J connectivity index is 1.91. The van der Waals surface area contributed by atoms with Crippen molar-refractivity contribution in [2.75, 3.05) is 31.1 Å². The molecule has 0 unspecified atom stereocenters. The molecule has 4 nitrogen and oxygen atoms in total. The number of hydrogen-bond donors (Lipinski definition) is 2. The first kappa shape index (κ1) is 14.1. The molecule has 1 aromatic carbocycles. The van der Waals surface area contributed by atoms with Crippen LogP contribution in [0, 0.1) is 20.8 Å². The molecule has 112 valence electrons. The number of nitrogens with one attached hydrogen (secondary N) is 2. The Morgan fingerprint density at radius 3 is 2.52 bits per heavy atom. The largest absolute Gasteiger partial charge is 0.354 e. The summed E-state index contributed by atoms with van der Waals surface area (Å²) in [5, 5.41) is 11.2. The Morgan fingerprint density at radius 2 is 1.76 bits per heavy atom. The van der Waals surface area contributed by atoms with Crippen LogP contribution in [-0.4, -0.2) is 36.4 Å². The summed E-state index contributed by atoms with van der Waals surface area (Å²) in [6, 6.07) is 6.66. The standard InChI is InChI=1S/C17H24N4/c1-12-9-13(2)17(14(3)10-12)15-11-16(20-19-15)21-7-4-5-18-6-8-21/h9-11,18H,4-8H2,1-3H3,(H,19,20). The number of hydrogen-bond acceptors (Lipinski definition) is 3. The fourth-order valence-electron chi connectivity index (χ4n) is 3.28. The van der Waals surface area contributed by atoms with Crippen molar-refractivity contribution in [2.45, 2.75) is 27.2 Å². The van der Waals surface area contributed by atoms with Crippen molar-refractivity contribution >= 4 is 5.82 Å². The van der Waals surface area contributed by atoms with Crippen LogP contribution in [0.15, 0.2) is 18.2 Å². The Labute approximate surface area is 126 Å². The van der Waals surface area contributed by atoms with Gasteiger partial charge in [-0.3, -0.25) is 5.10 Å². The van der Waals surface area contributed by atoms with Crippen LogP contribution in [0.5, 0.6) is 0 Å². The van der Waals surface area contributed by atoms with Crippen LogP contribution < -0.4 is 10.2 Å². The Bertz CT molecular complexity index is 598. The zero-order valence-corrected chi connectivity index (χ0v) is 13.2. The average Bonchev–Trinajstić information content (AvgIpc) is 2.72. The molecular weight excluding hydrogens is 260 g/mol. The SMILES string of the molecule is Cc1cc(C)c(-c2cc(N3CCCNCC3)n[nH]2)c(C)c1. The lowest BCUT2D eigenvalue weighted by Gasteiger charge is -2.18. The lowest BCUT2D eigenvalue weighted by molar-refractivity contribution is 0.724. The zero-order valence-electron chi connectivity index (χ0n) is 13.2. The van der Waals surface area contributed by atoms with Gasteiger partial charge in [0.1, 0.15) is 0 Å². The summed E-state index contributed by atoms with van der Waals surface area (Å²) < 4.78 is 0.